The number of piperidine rings is 1. The maximum Gasteiger partial charge on any atom is 0.252 e. The van der Waals surface area contributed by atoms with Gasteiger partial charge in [-0.25, -0.2) is 0 Å². The number of benzene rings is 2. The number of rotatable bonds is 8. The Morgan fingerprint density at radius 1 is 1.09 bits per heavy atom. The molecule has 34 heavy (non-hydrogen) atoms. The Bertz CT molecular complexity index is 1060. The van der Waals surface area contributed by atoms with E-state index >= 15 is 0 Å². The Hall–Kier alpha value is -2.90. The van der Waals surface area contributed by atoms with Gasteiger partial charge in [-0.1, -0.05) is 35.9 Å². The van der Waals surface area contributed by atoms with Crippen LogP contribution in [0.25, 0.3) is 0 Å². The van der Waals surface area contributed by atoms with Crippen molar-refractivity contribution >= 4 is 34.9 Å². The summed E-state index contributed by atoms with van der Waals surface area (Å²) in [5.74, 6) is -0.442. The molecule has 0 spiro atoms. The molecule has 1 heterocycles. The lowest BCUT2D eigenvalue weighted by molar-refractivity contribution is -0.124. The van der Waals surface area contributed by atoms with Crippen LogP contribution in [-0.2, 0) is 4.79 Å². The van der Waals surface area contributed by atoms with E-state index in [2.05, 4.69) is 15.5 Å². The van der Waals surface area contributed by atoms with Crippen LogP contribution in [0.4, 0.5) is 5.69 Å². The summed E-state index contributed by atoms with van der Waals surface area (Å²) in [7, 11) is 0. The zero-order valence-electron chi connectivity index (χ0n) is 19.2. The number of anilines is 1. The lowest BCUT2D eigenvalue weighted by atomic mass is 9.95. The van der Waals surface area contributed by atoms with E-state index in [1.165, 1.54) is 6.92 Å². The van der Waals surface area contributed by atoms with Crippen LogP contribution in [0.5, 0.6) is 0 Å². The summed E-state index contributed by atoms with van der Waals surface area (Å²) in [5.41, 5.74) is 0.839. The third-order valence-corrected chi connectivity index (χ3v) is 7.01. The molecule has 1 saturated carbocycles. The van der Waals surface area contributed by atoms with Gasteiger partial charge in [0, 0.05) is 30.9 Å². The van der Waals surface area contributed by atoms with E-state index in [1.807, 2.05) is 18.2 Å². The third kappa shape index (κ3) is 5.26. The standard InChI is InChI=1S/C26H30ClN3O4/c1-17(31)23(32)22-20(27)8-5-9-21(22)30-14-10-18(11-15-30)16-28-25(34)26(12-13-26)29-24(33)19-6-3-2-4-7-19/h2-9,17-18,31H,10-16H2,1H3,(H,28,34)(H,29,33). The Morgan fingerprint density at radius 3 is 2.38 bits per heavy atom. The predicted molar refractivity (Wildman–Crippen MR) is 131 cm³/mol. The number of hydrogen-bond donors (Lipinski definition) is 3. The SMILES string of the molecule is CC(O)C(=O)c1c(Cl)cccc1N1CCC(CNC(=O)C2(NC(=O)c3ccccc3)CC2)CC1. The maximum atomic E-state index is 12.8. The number of nitrogens with zero attached hydrogens (tertiary/aromatic N) is 1. The first-order valence-corrected chi connectivity index (χ1v) is 12.1. The molecule has 1 aliphatic carbocycles. The average molecular weight is 484 g/mol. The number of amides is 2. The van der Waals surface area contributed by atoms with Crippen LogP contribution >= 0.6 is 11.6 Å². The number of carbonyl (C=O) groups is 3. The molecule has 8 heteroatoms. The molecule has 7 nitrogen and oxygen atoms in total. The molecule has 3 N–H and O–H groups in total. The molecule has 1 saturated heterocycles. The van der Waals surface area contributed by atoms with Gasteiger partial charge in [-0.2, -0.15) is 0 Å². The quantitative estimate of drug-likeness (QED) is 0.501. The van der Waals surface area contributed by atoms with Crippen LogP contribution in [0.2, 0.25) is 5.02 Å². The minimum absolute atomic E-state index is 0.126. The van der Waals surface area contributed by atoms with Gasteiger partial charge in [0.2, 0.25) is 5.91 Å². The molecule has 0 radical (unpaired) electrons. The highest BCUT2D eigenvalue weighted by Gasteiger charge is 2.51. The van der Waals surface area contributed by atoms with Crippen LogP contribution in [0.3, 0.4) is 0 Å². The number of nitrogens with one attached hydrogen (secondary N) is 2. The first kappa shape index (κ1) is 24.2. The lowest BCUT2D eigenvalue weighted by Gasteiger charge is -2.35. The largest absolute Gasteiger partial charge is 0.385 e. The van der Waals surface area contributed by atoms with E-state index in [0.717, 1.165) is 31.6 Å². The number of aliphatic hydroxyl groups is 1. The summed E-state index contributed by atoms with van der Waals surface area (Å²) in [5, 5.41) is 16.1. The second-order valence-electron chi connectivity index (χ2n) is 9.22. The molecule has 1 aliphatic heterocycles. The minimum atomic E-state index is -1.12. The summed E-state index contributed by atoms with van der Waals surface area (Å²) >= 11 is 6.29. The van der Waals surface area contributed by atoms with Crippen molar-refractivity contribution in [2.45, 2.75) is 44.2 Å². The Labute approximate surface area is 204 Å². The van der Waals surface area contributed by atoms with Crippen LogP contribution in [-0.4, -0.2) is 54.0 Å². The Balaban J connectivity index is 1.30. The zero-order valence-corrected chi connectivity index (χ0v) is 20.0. The molecule has 1 unspecified atom stereocenters. The van der Waals surface area contributed by atoms with Gasteiger partial charge in [-0.05, 0) is 62.8 Å². The fraction of sp³-hybridized carbons (Fsp3) is 0.423. The highest BCUT2D eigenvalue weighted by Crippen LogP contribution is 2.36. The monoisotopic (exact) mass is 483 g/mol. The van der Waals surface area contributed by atoms with Crippen molar-refractivity contribution in [1.82, 2.24) is 10.6 Å². The van der Waals surface area contributed by atoms with Crippen LogP contribution in [0.15, 0.2) is 48.5 Å². The fourth-order valence-electron chi connectivity index (χ4n) is 4.43. The minimum Gasteiger partial charge on any atom is -0.385 e. The van der Waals surface area contributed by atoms with Gasteiger partial charge in [0.05, 0.1) is 10.6 Å². The van der Waals surface area contributed by atoms with E-state index in [1.54, 1.807) is 30.3 Å². The first-order valence-electron chi connectivity index (χ1n) is 11.7. The molecule has 2 aromatic rings. The summed E-state index contributed by atoms with van der Waals surface area (Å²) in [6, 6.07) is 14.2. The van der Waals surface area contributed by atoms with Crippen molar-refractivity contribution in [2.24, 2.45) is 5.92 Å². The lowest BCUT2D eigenvalue weighted by Crippen LogP contribution is -2.50. The molecule has 2 fully saturated rings. The number of ketones is 1. The number of hydrogen-bond acceptors (Lipinski definition) is 5. The van der Waals surface area contributed by atoms with Gasteiger partial charge in [-0.3, -0.25) is 14.4 Å². The average Bonchev–Trinajstić information content (AvgIpc) is 3.63. The van der Waals surface area contributed by atoms with Crippen molar-refractivity contribution in [1.29, 1.82) is 0 Å². The summed E-state index contributed by atoms with van der Waals surface area (Å²) in [4.78, 5) is 39.9. The Kier molecular flexibility index (Phi) is 7.24. The van der Waals surface area contributed by atoms with Gasteiger partial charge in [0.25, 0.3) is 5.91 Å². The first-order chi connectivity index (χ1) is 16.3. The van der Waals surface area contributed by atoms with E-state index in [-0.39, 0.29) is 17.6 Å². The van der Waals surface area contributed by atoms with Gasteiger partial charge < -0.3 is 20.6 Å². The molecule has 2 amide bonds. The fourth-order valence-corrected chi connectivity index (χ4v) is 4.69. The van der Waals surface area contributed by atoms with Crippen molar-refractivity contribution in [3.8, 4) is 0 Å². The topological polar surface area (TPSA) is 98.7 Å². The highest BCUT2D eigenvalue weighted by atomic mass is 35.5. The van der Waals surface area contributed by atoms with E-state index in [9.17, 15) is 19.5 Å². The van der Waals surface area contributed by atoms with Crippen molar-refractivity contribution < 1.29 is 19.5 Å². The molecule has 1 atom stereocenters. The van der Waals surface area contributed by atoms with E-state index in [0.29, 0.717) is 41.5 Å². The molecular formula is C26H30ClN3O4. The number of aliphatic hydroxyl groups excluding tert-OH is 1. The number of carbonyl (C=O) groups excluding carboxylic acids is 3. The number of Topliss-reactive ketones (excluding diaryl/α,β-unsaturated/α-hetero) is 1. The Morgan fingerprint density at radius 2 is 1.76 bits per heavy atom. The van der Waals surface area contributed by atoms with Crippen LogP contribution in [0, 0.1) is 5.92 Å². The summed E-state index contributed by atoms with van der Waals surface area (Å²) < 4.78 is 0. The van der Waals surface area contributed by atoms with Crippen molar-refractivity contribution in [3.63, 3.8) is 0 Å². The molecule has 0 bridgehead atoms. The molecule has 0 aromatic heterocycles. The predicted octanol–water partition coefficient (Wildman–Crippen LogP) is 3.20. The normalized spacial score (nSPS) is 18.1. The second kappa shape index (κ2) is 10.2. The second-order valence-corrected chi connectivity index (χ2v) is 9.62. The van der Waals surface area contributed by atoms with Gasteiger partial charge in [0.1, 0.15) is 11.6 Å². The van der Waals surface area contributed by atoms with Gasteiger partial charge in [0.15, 0.2) is 5.78 Å². The van der Waals surface area contributed by atoms with Crippen molar-refractivity contribution in [2.75, 3.05) is 24.5 Å². The number of halogens is 1. The van der Waals surface area contributed by atoms with Crippen LogP contribution in [0.1, 0.15) is 53.3 Å². The molecule has 180 valence electrons. The van der Waals surface area contributed by atoms with Crippen LogP contribution < -0.4 is 15.5 Å². The highest BCUT2D eigenvalue weighted by molar-refractivity contribution is 6.35. The van der Waals surface area contributed by atoms with Gasteiger partial charge in [-0.15, -0.1) is 0 Å². The molecular weight excluding hydrogens is 454 g/mol. The molecule has 2 aliphatic rings. The van der Waals surface area contributed by atoms with E-state index in [4.69, 9.17) is 11.6 Å². The zero-order chi connectivity index (χ0) is 24.3. The maximum absolute atomic E-state index is 12.8. The molecule has 4 rings (SSSR count). The third-order valence-electron chi connectivity index (χ3n) is 6.70. The van der Waals surface area contributed by atoms with Gasteiger partial charge >= 0.3 is 0 Å². The summed E-state index contributed by atoms with van der Waals surface area (Å²) in [6.45, 7) is 3.43. The smallest absolute Gasteiger partial charge is 0.252 e. The summed E-state index contributed by atoms with van der Waals surface area (Å²) in [6.07, 6.45) is 1.86. The van der Waals surface area contributed by atoms with Crippen molar-refractivity contribution in [3.05, 3.63) is 64.7 Å². The van der Waals surface area contributed by atoms with E-state index < -0.39 is 11.6 Å². The molecule has 2 aromatic carbocycles.